The van der Waals surface area contributed by atoms with Crippen molar-refractivity contribution < 1.29 is 0 Å². The predicted octanol–water partition coefficient (Wildman–Crippen LogP) is 5.48. The van der Waals surface area contributed by atoms with Crippen LogP contribution in [0.3, 0.4) is 0 Å². The summed E-state index contributed by atoms with van der Waals surface area (Å²) in [4.78, 5) is 19.8. The highest BCUT2D eigenvalue weighted by Crippen LogP contribution is 2.29. The Balaban J connectivity index is 1.52. The lowest BCUT2D eigenvalue weighted by Gasteiger charge is -2.30. The number of hydrogen-bond donors (Lipinski definition) is 1. The zero-order valence-corrected chi connectivity index (χ0v) is 21.4. The van der Waals surface area contributed by atoms with Gasteiger partial charge in [0, 0.05) is 29.0 Å². The molecule has 2 aromatic carbocycles. The Morgan fingerprint density at radius 2 is 1.92 bits per heavy atom. The van der Waals surface area contributed by atoms with E-state index in [9.17, 15) is 4.79 Å². The van der Waals surface area contributed by atoms with Crippen molar-refractivity contribution in [3.63, 3.8) is 0 Å². The first-order chi connectivity index (χ1) is 17.6. The van der Waals surface area contributed by atoms with Gasteiger partial charge in [0.25, 0.3) is 5.56 Å². The molecule has 0 fully saturated rings. The molecule has 0 saturated heterocycles. The molecule has 5 aromatic rings. The number of rotatable bonds is 10. The van der Waals surface area contributed by atoms with Crippen LogP contribution < -0.4 is 5.56 Å². The van der Waals surface area contributed by atoms with Gasteiger partial charge in [-0.1, -0.05) is 61.9 Å². The van der Waals surface area contributed by atoms with Gasteiger partial charge in [0.15, 0.2) is 5.82 Å². The lowest BCUT2D eigenvalue weighted by Crippen LogP contribution is -2.32. The number of aryl methyl sites for hydroxylation is 1. The van der Waals surface area contributed by atoms with Crippen LogP contribution in [0.25, 0.3) is 10.9 Å². The largest absolute Gasteiger partial charge is 0.322 e. The Morgan fingerprint density at radius 3 is 2.69 bits per heavy atom. The van der Waals surface area contributed by atoms with Gasteiger partial charge in [-0.2, -0.15) is 0 Å². The molecule has 0 aliphatic carbocycles. The highest BCUT2D eigenvalue weighted by atomic mass is 32.1. The van der Waals surface area contributed by atoms with Crippen molar-refractivity contribution in [3.05, 3.63) is 110 Å². The van der Waals surface area contributed by atoms with E-state index >= 15 is 0 Å². The SMILES string of the molecule is CCCC(c1nnnn1Cc1ccccc1)N(Cc1cccs1)Cc1cc2ccc(C)cc2[nH]c1=O. The van der Waals surface area contributed by atoms with Crippen molar-refractivity contribution in [3.8, 4) is 0 Å². The van der Waals surface area contributed by atoms with Crippen molar-refractivity contribution >= 4 is 22.2 Å². The van der Waals surface area contributed by atoms with Crippen LogP contribution in [0.15, 0.2) is 76.9 Å². The highest BCUT2D eigenvalue weighted by molar-refractivity contribution is 7.09. The van der Waals surface area contributed by atoms with E-state index in [-0.39, 0.29) is 11.6 Å². The van der Waals surface area contributed by atoms with E-state index in [0.717, 1.165) is 46.3 Å². The van der Waals surface area contributed by atoms with Crippen LogP contribution >= 0.6 is 11.3 Å². The number of aromatic nitrogens is 5. The maximum absolute atomic E-state index is 13.1. The molecular formula is C28H30N6OS. The number of tetrazole rings is 1. The third-order valence-corrected chi connectivity index (χ3v) is 7.29. The summed E-state index contributed by atoms with van der Waals surface area (Å²) in [6, 6.07) is 22.6. The lowest BCUT2D eigenvalue weighted by atomic mass is 10.1. The number of aromatic amines is 1. The average molecular weight is 499 g/mol. The maximum atomic E-state index is 13.1. The number of H-pyrrole nitrogens is 1. The minimum absolute atomic E-state index is 0.0380. The summed E-state index contributed by atoms with van der Waals surface area (Å²) in [7, 11) is 0. The van der Waals surface area contributed by atoms with Crippen molar-refractivity contribution in [2.75, 3.05) is 0 Å². The Kier molecular flexibility index (Phi) is 7.34. The normalized spacial score (nSPS) is 12.4. The summed E-state index contributed by atoms with van der Waals surface area (Å²) in [5.41, 5.74) is 3.82. The number of pyridine rings is 1. The van der Waals surface area contributed by atoms with Gasteiger partial charge < -0.3 is 4.98 Å². The Hall–Kier alpha value is -3.62. The molecule has 184 valence electrons. The molecule has 36 heavy (non-hydrogen) atoms. The van der Waals surface area contributed by atoms with Crippen LogP contribution in [0, 0.1) is 6.92 Å². The topological polar surface area (TPSA) is 79.7 Å². The van der Waals surface area contributed by atoms with Crippen LogP contribution in [0.2, 0.25) is 0 Å². The molecule has 0 radical (unpaired) electrons. The van der Waals surface area contributed by atoms with Crippen LogP contribution in [0.5, 0.6) is 0 Å². The zero-order valence-electron chi connectivity index (χ0n) is 20.6. The van der Waals surface area contributed by atoms with Crippen LogP contribution in [0.1, 0.15) is 53.2 Å². The average Bonchev–Trinajstić information content (AvgIpc) is 3.56. The molecule has 0 amide bonds. The fourth-order valence-corrected chi connectivity index (χ4v) is 5.37. The molecule has 3 aromatic heterocycles. The van der Waals surface area contributed by atoms with Crippen molar-refractivity contribution in [1.82, 2.24) is 30.1 Å². The third kappa shape index (κ3) is 5.45. The Morgan fingerprint density at radius 1 is 1.06 bits per heavy atom. The summed E-state index contributed by atoms with van der Waals surface area (Å²) in [6.07, 6.45) is 1.85. The fraction of sp³-hybridized carbons (Fsp3) is 0.286. The molecule has 1 atom stereocenters. The van der Waals surface area contributed by atoms with Crippen molar-refractivity contribution in [1.29, 1.82) is 0 Å². The van der Waals surface area contributed by atoms with E-state index in [1.807, 2.05) is 41.9 Å². The summed E-state index contributed by atoms with van der Waals surface area (Å²) < 4.78 is 1.89. The molecule has 1 N–H and O–H groups in total. The molecule has 0 spiro atoms. The summed E-state index contributed by atoms with van der Waals surface area (Å²) in [5.74, 6) is 0.824. The second kappa shape index (κ2) is 11.0. The highest BCUT2D eigenvalue weighted by Gasteiger charge is 2.27. The van der Waals surface area contributed by atoms with Gasteiger partial charge in [-0.25, -0.2) is 4.68 Å². The third-order valence-electron chi connectivity index (χ3n) is 6.43. The molecule has 3 heterocycles. The second-order valence-corrected chi connectivity index (χ2v) is 10.2. The monoisotopic (exact) mass is 498 g/mol. The molecule has 8 heteroatoms. The van der Waals surface area contributed by atoms with Crippen LogP contribution in [0.4, 0.5) is 0 Å². The fourth-order valence-electron chi connectivity index (χ4n) is 4.64. The van der Waals surface area contributed by atoms with Gasteiger partial charge in [-0.3, -0.25) is 9.69 Å². The van der Waals surface area contributed by atoms with E-state index in [2.05, 4.69) is 74.1 Å². The number of fused-ring (bicyclic) bond motifs is 1. The number of thiophene rings is 1. The van der Waals surface area contributed by atoms with E-state index in [4.69, 9.17) is 0 Å². The molecule has 7 nitrogen and oxygen atoms in total. The summed E-state index contributed by atoms with van der Waals surface area (Å²) in [5, 5.41) is 16.0. The first-order valence-electron chi connectivity index (χ1n) is 12.3. The first kappa shape index (κ1) is 24.1. The number of nitrogens with one attached hydrogen (secondary N) is 1. The quantitative estimate of drug-likeness (QED) is 0.276. The summed E-state index contributed by atoms with van der Waals surface area (Å²) >= 11 is 1.72. The zero-order chi connectivity index (χ0) is 24.9. The van der Waals surface area contributed by atoms with Crippen molar-refractivity contribution in [2.45, 2.75) is 52.4 Å². The molecule has 0 aliphatic heterocycles. The molecular weight excluding hydrogens is 468 g/mol. The molecule has 1 unspecified atom stereocenters. The smallest absolute Gasteiger partial charge is 0.252 e. The van der Waals surface area contributed by atoms with E-state index in [0.29, 0.717) is 19.6 Å². The summed E-state index contributed by atoms with van der Waals surface area (Å²) in [6.45, 7) is 6.02. The second-order valence-electron chi connectivity index (χ2n) is 9.18. The van der Waals surface area contributed by atoms with Crippen LogP contribution in [-0.2, 0) is 19.6 Å². The minimum Gasteiger partial charge on any atom is -0.322 e. The standard InChI is InChI=1S/C28H30N6OS/c1-3-8-26(27-30-31-32-34(27)17-21-9-5-4-6-10-21)33(19-24-11-7-14-36-24)18-23-16-22-13-12-20(2)15-25(22)29-28(23)35/h4-7,9-16,26H,3,8,17-19H2,1-2H3,(H,29,35). The van der Waals surface area contributed by atoms with Gasteiger partial charge in [0.05, 0.1) is 12.6 Å². The number of hydrogen-bond acceptors (Lipinski definition) is 6. The van der Waals surface area contributed by atoms with Crippen LogP contribution in [-0.4, -0.2) is 30.1 Å². The maximum Gasteiger partial charge on any atom is 0.252 e. The van der Waals surface area contributed by atoms with Gasteiger partial charge >= 0.3 is 0 Å². The molecule has 0 aliphatic rings. The van der Waals surface area contributed by atoms with E-state index in [1.165, 1.54) is 4.88 Å². The first-order valence-corrected chi connectivity index (χ1v) is 13.2. The van der Waals surface area contributed by atoms with E-state index in [1.54, 1.807) is 11.3 Å². The minimum atomic E-state index is -0.0524. The Bertz CT molecular complexity index is 1480. The van der Waals surface area contributed by atoms with Crippen molar-refractivity contribution in [2.24, 2.45) is 0 Å². The molecule has 0 bridgehead atoms. The predicted molar refractivity (Wildman–Crippen MR) is 144 cm³/mol. The van der Waals surface area contributed by atoms with Gasteiger partial charge in [-0.05, 0) is 63.9 Å². The van der Waals surface area contributed by atoms with E-state index < -0.39 is 0 Å². The van der Waals surface area contributed by atoms with Gasteiger partial charge in [-0.15, -0.1) is 16.4 Å². The Labute approximate surface area is 214 Å². The number of benzene rings is 2. The molecule has 5 rings (SSSR count). The van der Waals surface area contributed by atoms with Gasteiger partial charge in [0.2, 0.25) is 0 Å². The lowest BCUT2D eigenvalue weighted by molar-refractivity contribution is 0.157. The molecule has 0 saturated carbocycles. The van der Waals surface area contributed by atoms with Gasteiger partial charge in [0.1, 0.15) is 0 Å². The number of nitrogens with zero attached hydrogens (tertiary/aromatic N) is 5.